The number of nitrogens with zero attached hydrogens (tertiary/aromatic N) is 2. The topological polar surface area (TPSA) is 17.8 Å². The van der Waals surface area contributed by atoms with Crippen LogP contribution in [0.4, 0.5) is 0 Å². The van der Waals surface area contributed by atoms with E-state index in [-0.39, 0.29) is 0 Å². The molecule has 200 valence electrons. The molecular weight excluding hydrogens is 520 g/mol. The molecule has 0 aliphatic rings. The Bertz CT molecular complexity index is 2390. The van der Waals surface area contributed by atoms with Crippen molar-refractivity contribution in [2.45, 2.75) is 0 Å². The minimum Gasteiger partial charge on any atom is -0.308 e. The molecule has 2 nitrogen and oxygen atoms in total. The van der Waals surface area contributed by atoms with Crippen LogP contribution in [0.15, 0.2) is 158 Å². The van der Waals surface area contributed by atoms with Crippen LogP contribution in [0.1, 0.15) is 0 Å². The molecule has 2 aromatic heterocycles. The number of pyridine rings is 1. The maximum absolute atomic E-state index is 5.14. The van der Waals surface area contributed by atoms with Crippen molar-refractivity contribution in [1.29, 1.82) is 0 Å². The zero-order chi connectivity index (χ0) is 28.3. The van der Waals surface area contributed by atoms with E-state index in [1.807, 2.05) is 6.20 Å². The molecule has 0 spiro atoms. The molecule has 9 rings (SSSR count). The van der Waals surface area contributed by atoms with Crippen molar-refractivity contribution in [2.75, 3.05) is 0 Å². The lowest BCUT2D eigenvalue weighted by atomic mass is 9.87. The van der Waals surface area contributed by atoms with Gasteiger partial charge in [0, 0.05) is 16.3 Å². The molecule has 0 amide bonds. The van der Waals surface area contributed by atoms with Crippen LogP contribution in [0.25, 0.3) is 82.2 Å². The minimum atomic E-state index is 0.974. The quantitative estimate of drug-likeness (QED) is 0.202. The molecule has 0 fully saturated rings. The van der Waals surface area contributed by atoms with E-state index in [9.17, 15) is 0 Å². The monoisotopic (exact) mass is 546 g/mol. The van der Waals surface area contributed by atoms with Crippen LogP contribution in [0, 0.1) is 0 Å². The first-order valence-electron chi connectivity index (χ1n) is 14.7. The lowest BCUT2D eigenvalue weighted by Gasteiger charge is -2.18. The van der Waals surface area contributed by atoms with Gasteiger partial charge in [0.05, 0.1) is 28.6 Å². The molecule has 0 atom stereocenters. The van der Waals surface area contributed by atoms with E-state index < -0.39 is 0 Å². The molecule has 9 aromatic rings. The molecule has 2 heterocycles. The highest BCUT2D eigenvalue weighted by Crippen LogP contribution is 2.43. The van der Waals surface area contributed by atoms with Crippen LogP contribution in [-0.2, 0) is 0 Å². The first kappa shape index (κ1) is 23.9. The third-order valence-corrected chi connectivity index (χ3v) is 8.81. The zero-order valence-electron chi connectivity index (χ0n) is 23.4. The number of rotatable bonds is 3. The molecule has 0 saturated carbocycles. The normalized spacial score (nSPS) is 11.7. The highest BCUT2D eigenvalue weighted by molar-refractivity contribution is 6.21. The van der Waals surface area contributed by atoms with Crippen molar-refractivity contribution in [2.24, 2.45) is 0 Å². The third-order valence-electron chi connectivity index (χ3n) is 8.81. The summed E-state index contributed by atoms with van der Waals surface area (Å²) in [6.07, 6.45) is 2.02. The number of benzene rings is 7. The molecule has 7 aromatic carbocycles. The molecule has 0 bridgehead atoms. The summed E-state index contributed by atoms with van der Waals surface area (Å²) in [6, 6.07) is 54.5. The van der Waals surface area contributed by atoms with Crippen LogP contribution in [0.2, 0.25) is 0 Å². The number of para-hydroxylation sites is 2. The molecule has 0 aliphatic carbocycles. The Balaban J connectivity index is 1.28. The molecule has 0 saturated heterocycles. The summed E-state index contributed by atoms with van der Waals surface area (Å²) in [5.41, 5.74) is 8.08. The summed E-state index contributed by atoms with van der Waals surface area (Å²) in [6.45, 7) is 0. The predicted molar refractivity (Wildman–Crippen MR) is 182 cm³/mol. The van der Waals surface area contributed by atoms with E-state index in [4.69, 9.17) is 4.98 Å². The predicted octanol–water partition coefficient (Wildman–Crippen LogP) is 11.0. The second-order valence-corrected chi connectivity index (χ2v) is 11.2. The van der Waals surface area contributed by atoms with Crippen LogP contribution in [0.3, 0.4) is 0 Å². The Labute approximate surface area is 249 Å². The van der Waals surface area contributed by atoms with E-state index >= 15 is 0 Å². The minimum absolute atomic E-state index is 0.974. The number of hydrogen-bond acceptors (Lipinski definition) is 1. The van der Waals surface area contributed by atoms with Gasteiger partial charge < -0.3 is 4.57 Å². The first-order valence-corrected chi connectivity index (χ1v) is 14.7. The maximum atomic E-state index is 5.14. The van der Waals surface area contributed by atoms with Crippen LogP contribution >= 0.6 is 0 Å². The smallest absolute Gasteiger partial charge is 0.0716 e. The number of hydrogen-bond donors (Lipinski definition) is 0. The van der Waals surface area contributed by atoms with Gasteiger partial charge in [-0.1, -0.05) is 121 Å². The molecular formula is C41H26N2. The first-order chi connectivity index (χ1) is 21.3. The summed E-state index contributed by atoms with van der Waals surface area (Å²) in [5.74, 6) is 0. The Hall–Kier alpha value is -5.73. The van der Waals surface area contributed by atoms with E-state index in [1.165, 1.54) is 70.8 Å². The molecule has 0 radical (unpaired) electrons. The van der Waals surface area contributed by atoms with Crippen molar-refractivity contribution < 1.29 is 0 Å². The van der Waals surface area contributed by atoms with Crippen LogP contribution < -0.4 is 0 Å². The number of aromatic nitrogens is 2. The van der Waals surface area contributed by atoms with Gasteiger partial charge in [-0.15, -0.1) is 0 Å². The fourth-order valence-electron chi connectivity index (χ4n) is 6.93. The van der Waals surface area contributed by atoms with Gasteiger partial charge >= 0.3 is 0 Å². The lowest BCUT2D eigenvalue weighted by molar-refractivity contribution is 1.14. The summed E-state index contributed by atoms with van der Waals surface area (Å²) >= 11 is 0. The van der Waals surface area contributed by atoms with E-state index in [1.54, 1.807) is 0 Å². The molecule has 0 N–H and O–H groups in total. The second-order valence-electron chi connectivity index (χ2n) is 11.2. The van der Waals surface area contributed by atoms with E-state index in [0.717, 1.165) is 11.4 Å². The zero-order valence-corrected chi connectivity index (χ0v) is 23.4. The van der Waals surface area contributed by atoms with E-state index in [2.05, 4.69) is 156 Å². The van der Waals surface area contributed by atoms with Gasteiger partial charge in [0.2, 0.25) is 0 Å². The van der Waals surface area contributed by atoms with E-state index in [0.29, 0.717) is 0 Å². The van der Waals surface area contributed by atoms with Crippen molar-refractivity contribution in [3.63, 3.8) is 0 Å². The Kier molecular flexibility index (Phi) is 5.23. The molecule has 2 heteroatoms. The van der Waals surface area contributed by atoms with Gasteiger partial charge in [0.15, 0.2) is 0 Å². The van der Waals surface area contributed by atoms with Crippen LogP contribution in [0.5, 0.6) is 0 Å². The Morgan fingerprint density at radius 1 is 0.395 bits per heavy atom. The van der Waals surface area contributed by atoms with Gasteiger partial charge in [0.1, 0.15) is 0 Å². The average Bonchev–Trinajstić information content (AvgIpc) is 3.41. The third kappa shape index (κ3) is 3.63. The van der Waals surface area contributed by atoms with Gasteiger partial charge in [-0.05, 0) is 73.8 Å². The van der Waals surface area contributed by atoms with Crippen molar-refractivity contribution in [3.8, 4) is 28.1 Å². The number of fused-ring (bicyclic) bond motifs is 6. The summed E-state index contributed by atoms with van der Waals surface area (Å²) < 4.78 is 2.32. The Morgan fingerprint density at radius 3 is 1.49 bits per heavy atom. The fourth-order valence-corrected chi connectivity index (χ4v) is 6.93. The highest BCUT2D eigenvalue weighted by atomic mass is 15.0. The average molecular weight is 547 g/mol. The largest absolute Gasteiger partial charge is 0.308 e. The van der Waals surface area contributed by atoms with Gasteiger partial charge in [0.25, 0.3) is 0 Å². The molecule has 43 heavy (non-hydrogen) atoms. The Morgan fingerprint density at radius 2 is 0.907 bits per heavy atom. The SMILES string of the molecule is c1ccc2cc(-c3c4ccccc4c(-c4ccc(-n5c6ccccc6c6ccccc65)cn4)c4ccccc34)ccc2c1. The van der Waals surface area contributed by atoms with Crippen molar-refractivity contribution in [1.82, 2.24) is 9.55 Å². The fraction of sp³-hybridized carbons (Fsp3) is 0. The van der Waals surface area contributed by atoms with Gasteiger partial charge in [-0.2, -0.15) is 0 Å². The summed E-state index contributed by atoms with van der Waals surface area (Å²) in [7, 11) is 0. The standard InChI is InChI=1S/C41H26N2/c1-2-12-28-25-29(22-21-27(28)11-1)40-33-15-3-5-17-35(33)41(36-18-6-4-16-34(36)40)37-24-23-30(26-42-37)43-38-19-9-7-13-31(38)32-14-8-10-20-39(32)43/h1-26H. The van der Waals surface area contributed by atoms with Gasteiger partial charge in [-0.25, -0.2) is 0 Å². The lowest BCUT2D eigenvalue weighted by Crippen LogP contribution is -1.96. The molecule has 0 unspecified atom stereocenters. The summed E-state index contributed by atoms with van der Waals surface area (Å²) in [5, 5.41) is 9.90. The second kappa shape index (κ2) is 9.40. The van der Waals surface area contributed by atoms with Crippen LogP contribution in [-0.4, -0.2) is 9.55 Å². The maximum Gasteiger partial charge on any atom is 0.0716 e. The summed E-state index contributed by atoms with van der Waals surface area (Å²) in [4.78, 5) is 5.14. The molecule has 0 aliphatic heterocycles. The van der Waals surface area contributed by atoms with Gasteiger partial charge in [-0.3, -0.25) is 4.98 Å². The highest BCUT2D eigenvalue weighted by Gasteiger charge is 2.18. The van der Waals surface area contributed by atoms with Crippen molar-refractivity contribution in [3.05, 3.63) is 158 Å². The van der Waals surface area contributed by atoms with Crippen molar-refractivity contribution >= 4 is 54.1 Å².